The van der Waals surface area contributed by atoms with Crippen LogP contribution in [-0.2, 0) is 10.6 Å². The molecule has 1 heterocycles. The number of fused-ring (bicyclic) bond motifs is 6. The van der Waals surface area contributed by atoms with E-state index in [4.69, 9.17) is 44.2 Å². The molecule has 1 aliphatic carbocycles. The molecule has 0 spiro atoms. The van der Waals surface area contributed by atoms with Crippen LogP contribution < -0.4 is 0 Å². The summed E-state index contributed by atoms with van der Waals surface area (Å²) in [6.07, 6.45) is 0. The first kappa shape index (κ1) is 35.5. The first-order valence-electron chi connectivity index (χ1n) is 19.3. The lowest BCUT2D eigenvalue weighted by atomic mass is 9.23. The number of hydrogen-bond acceptors (Lipinski definition) is 1. The minimum Gasteiger partial charge on any atom is -0.296 e. The summed E-state index contributed by atoms with van der Waals surface area (Å²) in [7, 11) is 31.7. The van der Waals surface area contributed by atoms with Crippen LogP contribution in [0.2, 0.25) is 5.11 Å². The van der Waals surface area contributed by atoms with E-state index in [1.807, 2.05) is 47.0 Å². The fraction of sp³-hybridized carbons (Fsp3) is 0.100. The molecule has 1 aromatic heterocycles. The summed E-state index contributed by atoms with van der Waals surface area (Å²) in [5.41, 5.74) is 14.4. The zero-order chi connectivity index (χ0) is 39.3. The number of benzene rings is 8. The molecule has 10 radical (unpaired) electrons. The third kappa shape index (κ3) is 5.35. The van der Waals surface area contributed by atoms with Crippen molar-refractivity contribution in [3.8, 4) is 50.2 Å². The van der Waals surface area contributed by atoms with Gasteiger partial charge in [-0.15, -0.1) is 5.11 Å². The van der Waals surface area contributed by atoms with Crippen LogP contribution >= 0.6 is 0 Å². The van der Waals surface area contributed by atoms with E-state index in [1.165, 1.54) is 60.5 Å². The maximum absolute atomic E-state index is 6.60. The molecular formula is C50H33B5N2. The van der Waals surface area contributed by atoms with Crippen LogP contribution in [0.3, 0.4) is 0 Å². The van der Waals surface area contributed by atoms with E-state index in [9.17, 15) is 0 Å². The lowest BCUT2D eigenvalue weighted by molar-refractivity contribution is 0.660. The molecule has 9 aromatic rings. The Balaban J connectivity index is 1.13. The molecule has 0 fully saturated rings. The van der Waals surface area contributed by atoms with Crippen molar-refractivity contribution in [2.75, 3.05) is 0 Å². The van der Waals surface area contributed by atoms with E-state index < -0.39 is 10.3 Å². The van der Waals surface area contributed by atoms with Gasteiger partial charge in [0.05, 0.1) is 56.0 Å². The lowest BCUT2D eigenvalue weighted by Gasteiger charge is -2.41. The Bertz CT molecular complexity index is 3010. The predicted octanol–water partition coefficient (Wildman–Crippen LogP) is 10.7. The smallest absolute Gasteiger partial charge is 0.101 e. The number of hydrogen-bond donors (Lipinski definition) is 0. The van der Waals surface area contributed by atoms with Gasteiger partial charge in [0.2, 0.25) is 0 Å². The van der Waals surface area contributed by atoms with Crippen molar-refractivity contribution in [3.63, 3.8) is 0 Å². The maximum Gasteiger partial charge on any atom is 0.101 e. The molecule has 57 heavy (non-hydrogen) atoms. The molecule has 0 saturated heterocycles. The van der Waals surface area contributed by atoms with Crippen molar-refractivity contribution < 1.29 is 0 Å². The van der Waals surface area contributed by atoms with Gasteiger partial charge in [0.1, 0.15) is 5.82 Å². The van der Waals surface area contributed by atoms with E-state index >= 15 is 0 Å². The molecule has 0 saturated carbocycles. The maximum atomic E-state index is 6.60. The zero-order valence-electron chi connectivity index (χ0n) is 31.9. The molecule has 1 aliphatic rings. The van der Waals surface area contributed by atoms with E-state index in [2.05, 4.69) is 135 Å². The number of imidazole rings is 1. The highest BCUT2D eigenvalue weighted by Gasteiger charge is 2.37. The van der Waals surface area contributed by atoms with Crippen molar-refractivity contribution in [1.82, 2.24) is 9.55 Å². The Morgan fingerprint density at radius 3 is 1.61 bits per heavy atom. The minimum absolute atomic E-state index is 0.0953. The van der Waals surface area contributed by atoms with E-state index in [0.29, 0.717) is 5.52 Å². The SMILES string of the molecule is [B]C([B])([B])C([B])([B])c1nc2ccccc2n1-c1ccccc1-c1ccc(-c2c3ccccc3c(-c3ccc4c(c3)C(C)(C)c3ccccc3-4)c3ccccc23)cc1. The molecular weight excluding hydrogens is 683 g/mol. The second kappa shape index (κ2) is 12.8. The number of nitrogens with zero attached hydrogens (tertiary/aromatic N) is 2. The molecule has 0 atom stereocenters. The fourth-order valence-electron chi connectivity index (χ4n) is 9.08. The quantitative estimate of drug-likeness (QED) is 0.124. The van der Waals surface area contributed by atoms with Crippen LogP contribution in [-0.4, -0.2) is 48.8 Å². The van der Waals surface area contributed by atoms with Crippen LogP contribution in [0.25, 0.3) is 82.8 Å². The van der Waals surface area contributed by atoms with Crippen molar-refractivity contribution in [3.05, 3.63) is 181 Å². The molecule has 0 unspecified atom stereocenters. The fourth-order valence-corrected chi connectivity index (χ4v) is 9.08. The van der Waals surface area contributed by atoms with Gasteiger partial charge in [0.25, 0.3) is 0 Å². The van der Waals surface area contributed by atoms with Gasteiger partial charge >= 0.3 is 0 Å². The molecule has 258 valence electrons. The second-order valence-corrected chi connectivity index (χ2v) is 15.9. The highest BCUT2D eigenvalue weighted by Crippen LogP contribution is 2.51. The molecule has 0 aliphatic heterocycles. The predicted molar refractivity (Wildman–Crippen MR) is 243 cm³/mol. The molecule has 0 N–H and O–H groups in total. The summed E-state index contributed by atoms with van der Waals surface area (Å²) in [5.74, 6) is 0.259. The first-order chi connectivity index (χ1) is 27.4. The van der Waals surface area contributed by atoms with Gasteiger partial charge in [0.15, 0.2) is 0 Å². The number of rotatable bonds is 6. The molecule has 2 nitrogen and oxygen atoms in total. The molecule has 8 aromatic carbocycles. The number of aromatic nitrogens is 2. The van der Waals surface area contributed by atoms with E-state index in [0.717, 1.165) is 27.9 Å². The summed E-state index contributed by atoms with van der Waals surface area (Å²) in [5, 5.41) is 1.03. The van der Waals surface area contributed by atoms with Gasteiger partial charge in [-0.2, -0.15) is 0 Å². The molecule has 0 bridgehead atoms. The van der Waals surface area contributed by atoms with Crippen LogP contribution in [0.5, 0.6) is 0 Å². The largest absolute Gasteiger partial charge is 0.296 e. The van der Waals surface area contributed by atoms with Crippen LogP contribution in [0.4, 0.5) is 0 Å². The Hall–Kier alpha value is -5.93. The van der Waals surface area contributed by atoms with Crippen molar-refractivity contribution >= 4 is 71.8 Å². The van der Waals surface area contributed by atoms with E-state index in [1.54, 1.807) is 0 Å². The third-order valence-electron chi connectivity index (χ3n) is 12.1. The average Bonchev–Trinajstić information content (AvgIpc) is 3.72. The molecule has 7 heteroatoms. The Labute approximate surface area is 340 Å². The minimum atomic E-state index is -1.95. The van der Waals surface area contributed by atoms with Gasteiger partial charge in [-0.3, -0.25) is 4.57 Å². The van der Waals surface area contributed by atoms with Gasteiger partial charge < -0.3 is 0 Å². The Morgan fingerprint density at radius 2 is 0.965 bits per heavy atom. The van der Waals surface area contributed by atoms with Crippen LogP contribution in [0, 0.1) is 0 Å². The second-order valence-electron chi connectivity index (χ2n) is 15.9. The zero-order valence-corrected chi connectivity index (χ0v) is 31.9. The molecule has 10 rings (SSSR count). The van der Waals surface area contributed by atoms with Crippen molar-refractivity contribution in [2.45, 2.75) is 29.6 Å². The summed E-state index contributed by atoms with van der Waals surface area (Å²) in [6.45, 7) is 4.68. The highest BCUT2D eigenvalue weighted by atomic mass is 15.1. The summed E-state index contributed by atoms with van der Waals surface area (Å²) < 4.78 is 1.92. The van der Waals surface area contributed by atoms with Gasteiger partial charge in [0, 0.05) is 11.0 Å². The molecule has 0 amide bonds. The summed E-state index contributed by atoms with van der Waals surface area (Å²) >= 11 is 0. The Kier molecular flexibility index (Phi) is 7.97. The number of para-hydroxylation sites is 3. The first-order valence-corrected chi connectivity index (χ1v) is 19.3. The average molecular weight is 716 g/mol. The third-order valence-corrected chi connectivity index (χ3v) is 12.1. The normalized spacial score (nSPS) is 13.6. The topological polar surface area (TPSA) is 17.8 Å². The van der Waals surface area contributed by atoms with Gasteiger partial charge in [-0.25, -0.2) is 4.98 Å². The highest BCUT2D eigenvalue weighted by molar-refractivity contribution is 6.67. The van der Waals surface area contributed by atoms with Gasteiger partial charge in [-0.1, -0.05) is 159 Å². The van der Waals surface area contributed by atoms with Crippen LogP contribution in [0.15, 0.2) is 164 Å². The lowest BCUT2D eigenvalue weighted by Crippen LogP contribution is -2.45. The summed E-state index contributed by atoms with van der Waals surface area (Å²) in [6, 6.07) is 58.0. The standard InChI is InChI=1S/C50H33B5N2/c1-48(2)40-19-9-7-14-34(40)35-28-27-32(29-41(35)48)46-38-17-5-3-15-36(38)45(37-16-4-6-18-39(37)46)31-25-23-30(24-26-31)33-13-8-11-21-43(33)57-44-22-12-10-20-42(44)56-47(57)49(51,52)50(53,54)55/h3-29H,1-2H3. The summed E-state index contributed by atoms with van der Waals surface area (Å²) in [4.78, 5) is 4.81. The van der Waals surface area contributed by atoms with Crippen LogP contribution in [0.1, 0.15) is 30.8 Å². The van der Waals surface area contributed by atoms with Crippen molar-refractivity contribution in [1.29, 1.82) is 0 Å². The van der Waals surface area contributed by atoms with Gasteiger partial charge in [-0.05, 0) is 95.9 Å². The monoisotopic (exact) mass is 716 g/mol. The van der Waals surface area contributed by atoms with E-state index in [-0.39, 0.29) is 11.2 Å². The van der Waals surface area contributed by atoms with Crippen molar-refractivity contribution in [2.24, 2.45) is 0 Å². The Morgan fingerprint density at radius 1 is 0.474 bits per heavy atom.